The highest BCUT2D eigenvalue weighted by molar-refractivity contribution is 5.76. The summed E-state index contributed by atoms with van der Waals surface area (Å²) in [6.45, 7) is 10.1. The van der Waals surface area contributed by atoms with Crippen LogP contribution in [0.15, 0.2) is 48.5 Å². The Hall–Kier alpha value is -1.60. The van der Waals surface area contributed by atoms with Crippen molar-refractivity contribution in [2.45, 2.75) is 27.2 Å². The summed E-state index contributed by atoms with van der Waals surface area (Å²) in [4.78, 5) is 2.38. The first-order valence-electron chi connectivity index (χ1n) is 7.68. The van der Waals surface area contributed by atoms with Crippen molar-refractivity contribution in [2.24, 2.45) is 0 Å². The number of hydrogen-bond acceptors (Lipinski definition) is 1. The third-order valence-corrected chi connectivity index (χ3v) is 4.05. The van der Waals surface area contributed by atoms with Crippen LogP contribution in [0.1, 0.15) is 31.9 Å². The van der Waals surface area contributed by atoms with Crippen molar-refractivity contribution < 1.29 is 0 Å². The normalized spacial score (nSPS) is 11.6. The van der Waals surface area contributed by atoms with Gasteiger partial charge in [0, 0.05) is 0 Å². The molecule has 0 aliphatic heterocycles. The fourth-order valence-electron chi connectivity index (χ4n) is 2.75. The molecule has 0 saturated carbocycles. The van der Waals surface area contributed by atoms with Gasteiger partial charge in [0.15, 0.2) is 0 Å². The third-order valence-electron chi connectivity index (χ3n) is 4.05. The lowest BCUT2D eigenvalue weighted by Crippen LogP contribution is -2.21. The Labute approximate surface area is 123 Å². The molecule has 1 aliphatic carbocycles. The molecule has 0 unspecified atom stereocenters. The molecule has 0 radical (unpaired) electrons. The summed E-state index contributed by atoms with van der Waals surface area (Å²) >= 11 is 0. The maximum absolute atomic E-state index is 2.38. The van der Waals surface area contributed by atoms with Gasteiger partial charge in [-0.15, -0.1) is 0 Å². The van der Waals surface area contributed by atoms with E-state index in [2.05, 4.69) is 74.2 Å². The van der Waals surface area contributed by atoms with Gasteiger partial charge in [-0.25, -0.2) is 0 Å². The zero-order valence-corrected chi connectivity index (χ0v) is 12.9. The molecule has 2 aromatic carbocycles. The summed E-state index contributed by atoms with van der Waals surface area (Å²) in [5, 5.41) is 0. The van der Waals surface area contributed by atoms with E-state index in [9.17, 15) is 0 Å². The van der Waals surface area contributed by atoms with E-state index in [1.807, 2.05) is 0 Å². The predicted molar refractivity (Wildman–Crippen MR) is 88.1 cm³/mol. The summed E-state index contributed by atoms with van der Waals surface area (Å²) in [6.07, 6.45) is 1.10. The van der Waals surface area contributed by atoms with Crippen molar-refractivity contribution in [3.63, 3.8) is 0 Å². The minimum atomic E-state index is 1.10. The van der Waals surface area contributed by atoms with E-state index in [-0.39, 0.29) is 0 Å². The van der Waals surface area contributed by atoms with Gasteiger partial charge >= 0.3 is 0 Å². The molecule has 106 valence electrons. The van der Waals surface area contributed by atoms with Crippen LogP contribution in [-0.4, -0.2) is 24.5 Å². The molecular weight excluding hydrogens is 242 g/mol. The van der Waals surface area contributed by atoms with Gasteiger partial charge in [-0.3, -0.25) is 0 Å². The highest BCUT2D eigenvalue weighted by Gasteiger charge is 2.15. The van der Waals surface area contributed by atoms with Gasteiger partial charge in [0.1, 0.15) is 0 Å². The van der Waals surface area contributed by atoms with Crippen LogP contribution < -0.4 is 0 Å². The Kier molecular flexibility index (Phi) is 5.37. The second kappa shape index (κ2) is 7.25. The van der Waals surface area contributed by atoms with Crippen LogP contribution in [0.5, 0.6) is 0 Å². The second-order valence-corrected chi connectivity index (χ2v) is 5.11. The van der Waals surface area contributed by atoms with Gasteiger partial charge in [0.25, 0.3) is 0 Å². The van der Waals surface area contributed by atoms with Gasteiger partial charge in [0.05, 0.1) is 0 Å². The van der Waals surface area contributed by atoms with Crippen molar-refractivity contribution in [3.8, 4) is 11.1 Å². The highest BCUT2D eigenvalue weighted by atomic mass is 15.1. The molecule has 0 saturated heterocycles. The van der Waals surface area contributed by atoms with E-state index < -0.39 is 0 Å². The smallest absolute Gasteiger partial charge is 0.00135 e. The van der Waals surface area contributed by atoms with Gasteiger partial charge in [-0.05, 0) is 48.3 Å². The van der Waals surface area contributed by atoms with Crippen LogP contribution in [0, 0.1) is 0 Å². The topological polar surface area (TPSA) is 3.24 Å². The average Bonchev–Trinajstić information content (AvgIpc) is 2.88. The van der Waals surface area contributed by atoms with Crippen LogP contribution >= 0.6 is 0 Å². The zero-order valence-electron chi connectivity index (χ0n) is 12.9. The molecule has 2 aromatic rings. The van der Waals surface area contributed by atoms with E-state index >= 15 is 0 Å². The van der Waals surface area contributed by atoms with Crippen LogP contribution in [0.2, 0.25) is 0 Å². The lowest BCUT2D eigenvalue weighted by Gasteiger charge is -2.13. The SMILES string of the molecule is CCN(CC)CC.c1ccc2c(c1)Cc1ccccc1-2. The Balaban J connectivity index is 0.000000182. The first-order valence-corrected chi connectivity index (χ1v) is 7.68. The fraction of sp³-hybridized carbons (Fsp3) is 0.368. The molecule has 1 nitrogen and oxygen atoms in total. The molecule has 0 bridgehead atoms. The van der Waals surface area contributed by atoms with Crippen LogP contribution in [0.4, 0.5) is 0 Å². The minimum absolute atomic E-state index is 1.10. The van der Waals surface area contributed by atoms with E-state index in [0.717, 1.165) is 6.42 Å². The van der Waals surface area contributed by atoms with Gasteiger partial charge in [-0.1, -0.05) is 69.3 Å². The fourth-order valence-corrected chi connectivity index (χ4v) is 2.75. The van der Waals surface area contributed by atoms with Crippen LogP contribution in [0.3, 0.4) is 0 Å². The number of hydrogen-bond donors (Lipinski definition) is 0. The van der Waals surface area contributed by atoms with Crippen molar-refractivity contribution in [1.82, 2.24) is 4.90 Å². The second-order valence-electron chi connectivity index (χ2n) is 5.11. The maximum atomic E-state index is 2.38. The molecule has 0 amide bonds. The minimum Gasteiger partial charge on any atom is -0.304 e. The van der Waals surface area contributed by atoms with Crippen molar-refractivity contribution in [2.75, 3.05) is 19.6 Å². The quantitative estimate of drug-likeness (QED) is 0.670. The lowest BCUT2D eigenvalue weighted by molar-refractivity contribution is 0.321. The molecule has 1 aliphatic rings. The largest absolute Gasteiger partial charge is 0.304 e. The first kappa shape index (κ1) is 14.8. The Bertz CT molecular complexity index is 492. The van der Waals surface area contributed by atoms with Crippen LogP contribution in [0.25, 0.3) is 11.1 Å². The molecule has 3 rings (SSSR count). The Morgan fingerprint density at radius 1 is 0.700 bits per heavy atom. The van der Waals surface area contributed by atoms with Gasteiger partial charge in [0.2, 0.25) is 0 Å². The van der Waals surface area contributed by atoms with Crippen molar-refractivity contribution in [3.05, 3.63) is 59.7 Å². The molecule has 20 heavy (non-hydrogen) atoms. The molecule has 1 heteroatoms. The van der Waals surface area contributed by atoms with Crippen molar-refractivity contribution in [1.29, 1.82) is 0 Å². The summed E-state index contributed by atoms with van der Waals surface area (Å²) in [7, 11) is 0. The number of nitrogens with zero attached hydrogens (tertiary/aromatic N) is 1. The third kappa shape index (κ3) is 3.29. The molecule has 0 spiro atoms. The molecule has 0 aromatic heterocycles. The average molecular weight is 267 g/mol. The van der Waals surface area contributed by atoms with E-state index in [1.165, 1.54) is 41.9 Å². The van der Waals surface area contributed by atoms with Crippen molar-refractivity contribution >= 4 is 0 Å². The zero-order chi connectivity index (χ0) is 14.4. The Morgan fingerprint density at radius 3 is 1.45 bits per heavy atom. The first-order chi connectivity index (χ1) is 9.80. The number of fused-ring (bicyclic) bond motifs is 3. The van der Waals surface area contributed by atoms with E-state index in [4.69, 9.17) is 0 Å². The number of benzene rings is 2. The van der Waals surface area contributed by atoms with Gasteiger partial charge in [-0.2, -0.15) is 0 Å². The van der Waals surface area contributed by atoms with E-state index in [0.29, 0.717) is 0 Å². The van der Waals surface area contributed by atoms with Gasteiger partial charge < -0.3 is 4.90 Å². The molecule has 0 N–H and O–H groups in total. The summed E-state index contributed by atoms with van der Waals surface area (Å²) in [6, 6.07) is 17.3. The summed E-state index contributed by atoms with van der Waals surface area (Å²) in [5.74, 6) is 0. The predicted octanol–water partition coefficient (Wildman–Crippen LogP) is 4.61. The Morgan fingerprint density at radius 2 is 1.10 bits per heavy atom. The monoisotopic (exact) mass is 267 g/mol. The van der Waals surface area contributed by atoms with Crippen LogP contribution in [-0.2, 0) is 6.42 Å². The lowest BCUT2D eigenvalue weighted by atomic mass is 10.1. The highest BCUT2D eigenvalue weighted by Crippen LogP contribution is 2.35. The standard InChI is InChI=1S/C13H10.C6H15N/c1-3-7-12-10(5-1)9-11-6-2-4-8-13(11)12;1-4-7(5-2)6-3/h1-8H,9H2;4-6H2,1-3H3. The number of rotatable bonds is 3. The summed E-state index contributed by atoms with van der Waals surface area (Å²) in [5.41, 5.74) is 5.75. The molecule has 0 heterocycles. The van der Waals surface area contributed by atoms with E-state index in [1.54, 1.807) is 0 Å². The maximum Gasteiger partial charge on any atom is -0.00135 e. The molecular formula is C19H25N. The molecule has 0 fully saturated rings. The molecule has 0 atom stereocenters. The summed E-state index contributed by atoms with van der Waals surface area (Å²) < 4.78 is 0.